The van der Waals surface area contributed by atoms with E-state index in [0.717, 1.165) is 11.0 Å². The normalized spacial score (nSPS) is 12.3. The quantitative estimate of drug-likeness (QED) is 0.741. The van der Waals surface area contributed by atoms with Crippen LogP contribution in [-0.2, 0) is 0 Å². The molecule has 1 aromatic heterocycles. The first-order chi connectivity index (χ1) is 10.5. The molecule has 6 heteroatoms. The van der Waals surface area contributed by atoms with Crippen molar-refractivity contribution in [1.29, 1.82) is 0 Å². The Labute approximate surface area is 134 Å². The van der Waals surface area contributed by atoms with Crippen molar-refractivity contribution in [3.05, 3.63) is 64.1 Å². The Morgan fingerprint density at radius 2 is 2.09 bits per heavy atom. The highest BCUT2D eigenvalue weighted by atomic mass is 79.9. The van der Waals surface area contributed by atoms with Crippen LogP contribution >= 0.6 is 15.9 Å². The Morgan fingerprint density at radius 3 is 2.82 bits per heavy atom. The number of aromatic amines is 1. The van der Waals surface area contributed by atoms with Crippen LogP contribution in [-0.4, -0.2) is 15.9 Å². The third kappa shape index (κ3) is 2.87. The summed E-state index contributed by atoms with van der Waals surface area (Å²) in [6.07, 6.45) is 0. The minimum atomic E-state index is -0.566. The lowest BCUT2D eigenvalue weighted by atomic mass is 10.2. The standard InChI is InChI=1S/C16H13BrFN3O/c1-9(15-20-13-4-2-3-5-14(13)21-15)19-16(22)11-7-6-10(17)8-12(11)18/h2-9H,1H3,(H,19,22)(H,20,21). The zero-order valence-electron chi connectivity index (χ0n) is 11.7. The van der Waals surface area contributed by atoms with Gasteiger partial charge in [0.05, 0.1) is 22.6 Å². The summed E-state index contributed by atoms with van der Waals surface area (Å²) in [5.41, 5.74) is 1.73. The number of hydrogen-bond acceptors (Lipinski definition) is 2. The predicted molar refractivity (Wildman–Crippen MR) is 86.1 cm³/mol. The van der Waals surface area contributed by atoms with E-state index in [4.69, 9.17) is 0 Å². The second kappa shape index (κ2) is 5.88. The van der Waals surface area contributed by atoms with Gasteiger partial charge in [0.1, 0.15) is 11.6 Å². The van der Waals surface area contributed by atoms with Gasteiger partial charge in [-0.3, -0.25) is 4.79 Å². The van der Waals surface area contributed by atoms with E-state index in [1.807, 2.05) is 24.3 Å². The molecule has 0 saturated carbocycles. The van der Waals surface area contributed by atoms with Gasteiger partial charge in [-0.15, -0.1) is 0 Å². The molecule has 1 atom stereocenters. The number of aromatic nitrogens is 2. The Morgan fingerprint density at radius 1 is 1.32 bits per heavy atom. The second-order valence-electron chi connectivity index (χ2n) is 4.96. The lowest BCUT2D eigenvalue weighted by Gasteiger charge is -2.12. The third-order valence-electron chi connectivity index (χ3n) is 3.34. The third-order valence-corrected chi connectivity index (χ3v) is 3.83. The molecule has 1 unspecified atom stereocenters. The van der Waals surface area contributed by atoms with Gasteiger partial charge in [0.2, 0.25) is 0 Å². The molecule has 0 spiro atoms. The number of nitrogens with zero attached hydrogens (tertiary/aromatic N) is 1. The van der Waals surface area contributed by atoms with E-state index < -0.39 is 11.7 Å². The van der Waals surface area contributed by atoms with Crippen molar-refractivity contribution < 1.29 is 9.18 Å². The number of hydrogen-bond donors (Lipinski definition) is 2. The maximum Gasteiger partial charge on any atom is 0.254 e. The smallest absolute Gasteiger partial charge is 0.254 e. The van der Waals surface area contributed by atoms with Crippen LogP contribution in [0, 0.1) is 5.82 Å². The van der Waals surface area contributed by atoms with Gasteiger partial charge in [-0.25, -0.2) is 9.37 Å². The molecule has 1 amide bonds. The first-order valence-electron chi connectivity index (χ1n) is 6.75. The van der Waals surface area contributed by atoms with Gasteiger partial charge in [-0.05, 0) is 37.3 Å². The summed E-state index contributed by atoms with van der Waals surface area (Å²) in [6.45, 7) is 1.80. The van der Waals surface area contributed by atoms with E-state index in [2.05, 4.69) is 31.2 Å². The number of H-pyrrole nitrogens is 1. The maximum atomic E-state index is 13.8. The monoisotopic (exact) mass is 361 g/mol. The maximum absolute atomic E-state index is 13.8. The number of para-hydroxylation sites is 2. The molecule has 1 heterocycles. The Balaban J connectivity index is 1.81. The van der Waals surface area contributed by atoms with Crippen LogP contribution in [0.1, 0.15) is 29.1 Å². The number of carbonyl (C=O) groups is 1. The fraction of sp³-hybridized carbons (Fsp3) is 0.125. The van der Waals surface area contributed by atoms with E-state index in [1.165, 1.54) is 12.1 Å². The van der Waals surface area contributed by atoms with Crippen LogP contribution in [0.2, 0.25) is 0 Å². The molecule has 0 aliphatic carbocycles. The number of benzene rings is 2. The van der Waals surface area contributed by atoms with Gasteiger partial charge < -0.3 is 10.3 Å². The van der Waals surface area contributed by atoms with Crippen molar-refractivity contribution in [3.63, 3.8) is 0 Å². The lowest BCUT2D eigenvalue weighted by Crippen LogP contribution is -2.28. The van der Waals surface area contributed by atoms with Crippen LogP contribution < -0.4 is 5.32 Å². The molecule has 0 aliphatic rings. The molecule has 0 saturated heterocycles. The summed E-state index contributed by atoms with van der Waals surface area (Å²) in [5, 5.41) is 2.75. The molecule has 0 fully saturated rings. The first-order valence-corrected chi connectivity index (χ1v) is 7.54. The SMILES string of the molecule is CC(NC(=O)c1ccc(Br)cc1F)c1nc2ccccc2[nH]1. The minimum absolute atomic E-state index is 0.00570. The second-order valence-corrected chi connectivity index (χ2v) is 5.87. The molecule has 3 aromatic rings. The molecule has 0 bridgehead atoms. The molecule has 2 aromatic carbocycles. The molecule has 0 radical (unpaired) electrons. The summed E-state index contributed by atoms with van der Waals surface area (Å²) in [7, 11) is 0. The van der Waals surface area contributed by atoms with Gasteiger partial charge in [-0.2, -0.15) is 0 Å². The Hall–Kier alpha value is -2.21. The van der Waals surface area contributed by atoms with E-state index in [0.29, 0.717) is 10.3 Å². The van der Waals surface area contributed by atoms with Crippen LogP contribution in [0.5, 0.6) is 0 Å². The highest BCUT2D eigenvalue weighted by molar-refractivity contribution is 9.10. The van der Waals surface area contributed by atoms with Crippen LogP contribution in [0.25, 0.3) is 11.0 Å². The van der Waals surface area contributed by atoms with Gasteiger partial charge in [0.15, 0.2) is 0 Å². The molecule has 112 valence electrons. The first kappa shape index (κ1) is 14.7. The number of amides is 1. The van der Waals surface area contributed by atoms with Crippen molar-refractivity contribution in [2.75, 3.05) is 0 Å². The van der Waals surface area contributed by atoms with Gasteiger partial charge >= 0.3 is 0 Å². The number of imidazole rings is 1. The highest BCUT2D eigenvalue weighted by Crippen LogP contribution is 2.18. The number of fused-ring (bicyclic) bond motifs is 1. The molecule has 2 N–H and O–H groups in total. The predicted octanol–water partition coefficient (Wildman–Crippen LogP) is 3.96. The Kier molecular flexibility index (Phi) is 3.94. The number of rotatable bonds is 3. The van der Waals surface area contributed by atoms with Crippen molar-refractivity contribution in [1.82, 2.24) is 15.3 Å². The van der Waals surface area contributed by atoms with E-state index in [9.17, 15) is 9.18 Å². The zero-order valence-corrected chi connectivity index (χ0v) is 13.3. The molecule has 4 nitrogen and oxygen atoms in total. The fourth-order valence-corrected chi connectivity index (χ4v) is 2.53. The highest BCUT2D eigenvalue weighted by Gasteiger charge is 2.17. The average molecular weight is 362 g/mol. The van der Waals surface area contributed by atoms with E-state index >= 15 is 0 Å². The van der Waals surface area contributed by atoms with Crippen LogP contribution in [0.15, 0.2) is 46.9 Å². The zero-order chi connectivity index (χ0) is 15.7. The minimum Gasteiger partial charge on any atom is -0.342 e. The summed E-state index contributed by atoms with van der Waals surface area (Å²) < 4.78 is 14.4. The number of halogens is 2. The van der Waals surface area contributed by atoms with Crippen molar-refractivity contribution >= 4 is 32.9 Å². The van der Waals surface area contributed by atoms with Gasteiger partial charge in [0.25, 0.3) is 5.91 Å². The van der Waals surface area contributed by atoms with Crippen molar-refractivity contribution in [3.8, 4) is 0 Å². The molecule has 22 heavy (non-hydrogen) atoms. The summed E-state index contributed by atoms with van der Waals surface area (Å²) in [5.74, 6) is -0.409. The Bertz CT molecular complexity index is 813. The van der Waals surface area contributed by atoms with E-state index in [-0.39, 0.29) is 11.6 Å². The average Bonchev–Trinajstić information content (AvgIpc) is 2.91. The summed E-state index contributed by atoms with van der Waals surface area (Å²) in [6, 6.07) is 11.6. The molecular formula is C16H13BrFN3O. The lowest BCUT2D eigenvalue weighted by molar-refractivity contribution is 0.0934. The number of nitrogens with one attached hydrogen (secondary N) is 2. The molecular weight excluding hydrogens is 349 g/mol. The molecule has 3 rings (SSSR count). The van der Waals surface area contributed by atoms with Gasteiger partial charge in [0, 0.05) is 4.47 Å². The summed E-state index contributed by atoms with van der Waals surface area (Å²) in [4.78, 5) is 19.7. The number of carbonyl (C=O) groups excluding carboxylic acids is 1. The largest absolute Gasteiger partial charge is 0.342 e. The van der Waals surface area contributed by atoms with Gasteiger partial charge in [-0.1, -0.05) is 28.1 Å². The topological polar surface area (TPSA) is 57.8 Å². The van der Waals surface area contributed by atoms with Crippen LogP contribution in [0.4, 0.5) is 4.39 Å². The van der Waals surface area contributed by atoms with Crippen molar-refractivity contribution in [2.45, 2.75) is 13.0 Å². The van der Waals surface area contributed by atoms with E-state index in [1.54, 1.807) is 13.0 Å². The fourth-order valence-electron chi connectivity index (χ4n) is 2.19. The van der Waals surface area contributed by atoms with Crippen molar-refractivity contribution in [2.24, 2.45) is 0 Å². The summed E-state index contributed by atoms with van der Waals surface area (Å²) >= 11 is 3.17. The molecule has 0 aliphatic heterocycles. The van der Waals surface area contributed by atoms with Crippen LogP contribution in [0.3, 0.4) is 0 Å².